The van der Waals surface area contributed by atoms with Gasteiger partial charge in [-0.05, 0) is 20.8 Å². The minimum absolute atomic E-state index is 0.148. The van der Waals surface area contributed by atoms with Crippen LogP contribution in [0.4, 0.5) is 0 Å². The number of nitrogens with one attached hydrogen (secondary N) is 1. The molecule has 2 heteroatoms. The van der Waals surface area contributed by atoms with Crippen LogP contribution < -0.4 is 5.32 Å². The molecular weight excluding hydrogens is 126 g/mol. The molecule has 0 aliphatic heterocycles. The van der Waals surface area contributed by atoms with Gasteiger partial charge in [0.05, 0.1) is 5.54 Å². The van der Waals surface area contributed by atoms with Crippen LogP contribution in [0.15, 0.2) is 12.7 Å². The molecule has 0 aliphatic carbocycles. The van der Waals surface area contributed by atoms with Gasteiger partial charge in [-0.25, -0.2) is 0 Å². The maximum absolute atomic E-state index is 10.9. The van der Waals surface area contributed by atoms with E-state index in [0.29, 0.717) is 6.54 Å². The van der Waals surface area contributed by atoms with Gasteiger partial charge >= 0.3 is 0 Å². The van der Waals surface area contributed by atoms with Crippen molar-refractivity contribution in [3.05, 3.63) is 12.7 Å². The van der Waals surface area contributed by atoms with Crippen molar-refractivity contribution in [1.29, 1.82) is 0 Å². The molecule has 0 aromatic carbocycles. The molecule has 2 nitrogen and oxygen atoms in total. The fraction of sp³-hybridized carbons (Fsp3) is 0.625. The molecule has 0 aliphatic rings. The first-order valence-corrected chi connectivity index (χ1v) is 3.37. The van der Waals surface area contributed by atoms with Gasteiger partial charge in [-0.2, -0.15) is 0 Å². The van der Waals surface area contributed by atoms with Gasteiger partial charge < -0.3 is 5.32 Å². The summed E-state index contributed by atoms with van der Waals surface area (Å²) in [5.74, 6) is 0.148. The lowest BCUT2D eigenvalue weighted by atomic mass is 10.0. The molecule has 0 amide bonds. The van der Waals surface area contributed by atoms with E-state index in [2.05, 4.69) is 11.9 Å². The van der Waals surface area contributed by atoms with Crippen LogP contribution in [0.2, 0.25) is 0 Å². The second-order valence-electron chi connectivity index (χ2n) is 2.85. The highest BCUT2D eigenvalue weighted by molar-refractivity contribution is 5.85. The highest BCUT2D eigenvalue weighted by Gasteiger charge is 2.20. The minimum atomic E-state index is -0.409. The van der Waals surface area contributed by atoms with E-state index in [1.807, 2.05) is 13.8 Å². The van der Waals surface area contributed by atoms with E-state index in [1.54, 1.807) is 13.0 Å². The predicted octanol–water partition coefficient (Wildman–Crippen LogP) is 1.13. The molecule has 0 heterocycles. The van der Waals surface area contributed by atoms with Gasteiger partial charge in [0.1, 0.15) is 5.78 Å². The standard InChI is InChI=1S/C8H15NO/c1-5-6-9-8(3,4)7(2)10/h5,9H,1,6H2,2-4H3. The van der Waals surface area contributed by atoms with Crippen LogP contribution in [-0.2, 0) is 4.79 Å². The van der Waals surface area contributed by atoms with Gasteiger partial charge in [-0.3, -0.25) is 4.79 Å². The molecule has 0 saturated heterocycles. The van der Waals surface area contributed by atoms with Crippen molar-refractivity contribution in [2.45, 2.75) is 26.3 Å². The Hall–Kier alpha value is -0.630. The highest BCUT2D eigenvalue weighted by atomic mass is 16.1. The van der Waals surface area contributed by atoms with Crippen LogP contribution in [0.25, 0.3) is 0 Å². The molecule has 10 heavy (non-hydrogen) atoms. The fourth-order valence-corrected chi connectivity index (χ4v) is 0.452. The molecule has 0 fully saturated rings. The lowest BCUT2D eigenvalue weighted by molar-refractivity contribution is -0.122. The monoisotopic (exact) mass is 141 g/mol. The Labute approximate surface area is 62.3 Å². The summed E-state index contributed by atoms with van der Waals surface area (Å²) < 4.78 is 0. The summed E-state index contributed by atoms with van der Waals surface area (Å²) in [6.45, 7) is 9.52. The van der Waals surface area contributed by atoms with E-state index in [-0.39, 0.29) is 5.78 Å². The summed E-state index contributed by atoms with van der Waals surface area (Å²) in [6.07, 6.45) is 1.74. The van der Waals surface area contributed by atoms with E-state index < -0.39 is 5.54 Å². The first-order valence-electron chi connectivity index (χ1n) is 3.37. The van der Waals surface area contributed by atoms with Crippen LogP contribution in [0.1, 0.15) is 20.8 Å². The quantitative estimate of drug-likeness (QED) is 0.595. The Balaban J connectivity index is 3.86. The third kappa shape index (κ3) is 2.78. The normalized spacial score (nSPS) is 11.1. The van der Waals surface area contributed by atoms with E-state index >= 15 is 0 Å². The number of rotatable bonds is 4. The van der Waals surface area contributed by atoms with Crippen molar-refractivity contribution in [3.63, 3.8) is 0 Å². The van der Waals surface area contributed by atoms with Gasteiger partial charge in [-0.15, -0.1) is 6.58 Å². The van der Waals surface area contributed by atoms with E-state index in [0.717, 1.165) is 0 Å². The topological polar surface area (TPSA) is 29.1 Å². The Morgan fingerprint density at radius 3 is 2.50 bits per heavy atom. The number of hydrogen-bond acceptors (Lipinski definition) is 2. The zero-order valence-corrected chi connectivity index (χ0v) is 6.90. The smallest absolute Gasteiger partial charge is 0.149 e. The molecule has 0 spiro atoms. The molecule has 0 rings (SSSR count). The zero-order valence-electron chi connectivity index (χ0n) is 6.90. The molecule has 0 aromatic rings. The molecule has 58 valence electrons. The number of ketones is 1. The van der Waals surface area contributed by atoms with E-state index in [1.165, 1.54) is 0 Å². The summed E-state index contributed by atoms with van der Waals surface area (Å²) in [7, 11) is 0. The zero-order chi connectivity index (χ0) is 8.20. The van der Waals surface area contributed by atoms with Crippen LogP contribution in [0, 0.1) is 0 Å². The van der Waals surface area contributed by atoms with Gasteiger partial charge in [0, 0.05) is 6.54 Å². The van der Waals surface area contributed by atoms with Crippen molar-refractivity contribution < 1.29 is 4.79 Å². The van der Waals surface area contributed by atoms with Crippen molar-refractivity contribution in [2.24, 2.45) is 0 Å². The Bertz CT molecular complexity index is 138. The number of carbonyl (C=O) groups excluding carboxylic acids is 1. The molecule has 0 bridgehead atoms. The number of Topliss-reactive ketones (excluding diaryl/α,β-unsaturated/α-hetero) is 1. The summed E-state index contributed by atoms with van der Waals surface area (Å²) >= 11 is 0. The second-order valence-corrected chi connectivity index (χ2v) is 2.85. The predicted molar refractivity (Wildman–Crippen MR) is 43.0 cm³/mol. The minimum Gasteiger partial charge on any atom is -0.302 e. The average molecular weight is 141 g/mol. The Morgan fingerprint density at radius 1 is 1.70 bits per heavy atom. The SMILES string of the molecule is C=CCNC(C)(C)C(C)=O. The fourth-order valence-electron chi connectivity index (χ4n) is 0.452. The van der Waals surface area contributed by atoms with Crippen molar-refractivity contribution in [1.82, 2.24) is 5.32 Å². The van der Waals surface area contributed by atoms with Crippen LogP contribution in [-0.4, -0.2) is 17.9 Å². The largest absolute Gasteiger partial charge is 0.302 e. The van der Waals surface area contributed by atoms with E-state index in [4.69, 9.17) is 0 Å². The average Bonchev–Trinajstić information content (AvgIpc) is 1.84. The van der Waals surface area contributed by atoms with Crippen LogP contribution >= 0.6 is 0 Å². The third-order valence-electron chi connectivity index (χ3n) is 1.57. The summed E-state index contributed by atoms with van der Waals surface area (Å²) in [4.78, 5) is 10.9. The maximum Gasteiger partial charge on any atom is 0.149 e. The number of carbonyl (C=O) groups is 1. The molecular formula is C8H15NO. The van der Waals surface area contributed by atoms with Gasteiger partial charge in [0.25, 0.3) is 0 Å². The van der Waals surface area contributed by atoms with Crippen LogP contribution in [0.3, 0.4) is 0 Å². The van der Waals surface area contributed by atoms with Gasteiger partial charge in [0.15, 0.2) is 0 Å². The third-order valence-corrected chi connectivity index (χ3v) is 1.57. The van der Waals surface area contributed by atoms with Crippen molar-refractivity contribution in [3.8, 4) is 0 Å². The van der Waals surface area contributed by atoms with Gasteiger partial charge in [0.2, 0.25) is 0 Å². The lowest BCUT2D eigenvalue weighted by Crippen LogP contribution is -2.45. The summed E-state index contributed by atoms with van der Waals surface area (Å²) in [5.41, 5.74) is -0.409. The summed E-state index contributed by atoms with van der Waals surface area (Å²) in [6, 6.07) is 0. The second kappa shape index (κ2) is 3.52. The molecule has 1 N–H and O–H groups in total. The number of hydrogen-bond donors (Lipinski definition) is 1. The van der Waals surface area contributed by atoms with Gasteiger partial charge in [-0.1, -0.05) is 6.08 Å². The first kappa shape index (κ1) is 9.37. The molecule has 0 aromatic heterocycles. The summed E-state index contributed by atoms with van der Waals surface area (Å²) in [5, 5.41) is 3.04. The molecule has 0 radical (unpaired) electrons. The van der Waals surface area contributed by atoms with E-state index in [9.17, 15) is 4.79 Å². The highest BCUT2D eigenvalue weighted by Crippen LogP contribution is 2.01. The lowest BCUT2D eigenvalue weighted by Gasteiger charge is -2.21. The molecule has 0 saturated carbocycles. The Kier molecular flexibility index (Phi) is 3.30. The molecule has 0 unspecified atom stereocenters. The Morgan fingerprint density at radius 2 is 2.20 bits per heavy atom. The van der Waals surface area contributed by atoms with Crippen molar-refractivity contribution >= 4 is 5.78 Å². The first-order chi connectivity index (χ1) is 4.50. The van der Waals surface area contributed by atoms with Crippen molar-refractivity contribution in [2.75, 3.05) is 6.54 Å². The maximum atomic E-state index is 10.9. The molecule has 0 atom stereocenters. The van der Waals surface area contributed by atoms with Crippen LogP contribution in [0.5, 0.6) is 0 Å².